The van der Waals surface area contributed by atoms with E-state index in [-0.39, 0.29) is 17.7 Å². The Hall–Kier alpha value is -3.15. The van der Waals surface area contributed by atoms with Gasteiger partial charge in [0.1, 0.15) is 5.82 Å². The third-order valence-corrected chi connectivity index (χ3v) is 6.71. The molecule has 3 aromatic rings. The third kappa shape index (κ3) is 6.25. The van der Waals surface area contributed by atoms with Crippen molar-refractivity contribution in [3.8, 4) is 11.4 Å². The van der Waals surface area contributed by atoms with Crippen LogP contribution < -0.4 is 10.6 Å². The lowest BCUT2D eigenvalue weighted by Crippen LogP contribution is -2.24. The molecule has 4 rings (SSSR count). The Balaban J connectivity index is 1.36. The summed E-state index contributed by atoms with van der Waals surface area (Å²) in [6.07, 6.45) is 11.4. The second kappa shape index (κ2) is 11.8. The smallest absolute Gasteiger partial charge is 0.251 e. The normalized spacial score (nSPS) is 14.3. The highest BCUT2D eigenvalue weighted by Crippen LogP contribution is 2.26. The van der Waals surface area contributed by atoms with Crippen LogP contribution in [0.3, 0.4) is 0 Å². The zero-order valence-corrected chi connectivity index (χ0v) is 20.2. The number of aromatic nitrogens is 2. The van der Waals surface area contributed by atoms with Gasteiger partial charge in [0.05, 0.1) is 11.0 Å². The molecule has 0 saturated heterocycles. The average Bonchev–Trinajstić information content (AvgIpc) is 3.30. The van der Waals surface area contributed by atoms with Gasteiger partial charge in [-0.3, -0.25) is 9.59 Å². The first-order valence-electron chi connectivity index (χ1n) is 12.8. The number of hydrogen-bond donors (Lipinski definition) is 3. The number of fused-ring (bicyclic) bond motifs is 1. The van der Waals surface area contributed by atoms with E-state index in [4.69, 9.17) is 0 Å². The van der Waals surface area contributed by atoms with E-state index in [1.165, 1.54) is 25.7 Å². The van der Waals surface area contributed by atoms with E-state index in [1.54, 1.807) is 0 Å². The lowest BCUT2D eigenvalue weighted by Gasteiger charge is -2.20. The number of H-pyrrole nitrogens is 1. The van der Waals surface area contributed by atoms with Gasteiger partial charge in [-0.2, -0.15) is 0 Å². The summed E-state index contributed by atoms with van der Waals surface area (Å²) in [5.41, 5.74) is 4.03. The molecule has 1 heterocycles. The molecule has 0 unspecified atom stereocenters. The molecule has 6 nitrogen and oxygen atoms in total. The fourth-order valence-corrected chi connectivity index (χ4v) is 4.64. The molecule has 34 heavy (non-hydrogen) atoms. The standard InChI is InChI=1S/C28H36N4O2/c1-2-3-4-5-9-18-29-27(33)22-14-17-24-25(19-22)32-26(31-24)20-12-15-23(16-13-20)30-28(34)21-10-7-6-8-11-21/h12-17,19,21H,2-11,18H2,1H3,(H,29,33)(H,30,34)(H,31,32). The van der Waals surface area contributed by atoms with Crippen molar-refractivity contribution in [2.24, 2.45) is 5.92 Å². The van der Waals surface area contributed by atoms with Crippen LogP contribution in [0.1, 0.15) is 81.5 Å². The Kier molecular flexibility index (Phi) is 8.34. The second-order valence-electron chi connectivity index (χ2n) is 9.39. The fraction of sp³-hybridized carbons (Fsp3) is 0.464. The Morgan fingerprint density at radius 3 is 2.50 bits per heavy atom. The zero-order chi connectivity index (χ0) is 23.8. The number of nitrogens with one attached hydrogen (secondary N) is 3. The molecular formula is C28H36N4O2. The van der Waals surface area contributed by atoms with Crippen LogP contribution in [0, 0.1) is 5.92 Å². The molecule has 0 atom stereocenters. The number of rotatable bonds is 10. The fourth-order valence-electron chi connectivity index (χ4n) is 4.64. The minimum absolute atomic E-state index is 0.0494. The first kappa shape index (κ1) is 24.0. The Labute approximate surface area is 201 Å². The minimum atomic E-state index is -0.0494. The first-order valence-corrected chi connectivity index (χ1v) is 12.8. The maximum absolute atomic E-state index is 12.5. The monoisotopic (exact) mass is 460 g/mol. The van der Waals surface area contributed by atoms with Crippen LogP contribution in [0.2, 0.25) is 0 Å². The number of nitrogens with zero attached hydrogens (tertiary/aromatic N) is 1. The van der Waals surface area contributed by atoms with Crippen molar-refractivity contribution >= 4 is 28.5 Å². The Morgan fingerprint density at radius 1 is 0.971 bits per heavy atom. The first-order chi connectivity index (χ1) is 16.6. The molecule has 0 aliphatic heterocycles. The largest absolute Gasteiger partial charge is 0.352 e. The molecule has 0 spiro atoms. The quantitative estimate of drug-likeness (QED) is 0.304. The molecule has 2 aromatic carbocycles. The summed E-state index contributed by atoms with van der Waals surface area (Å²) in [6, 6.07) is 13.3. The molecule has 2 amide bonds. The van der Waals surface area contributed by atoms with Gasteiger partial charge in [-0.25, -0.2) is 4.98 Å². The van der Waals surface area contributed by atoms with Gasteiger partial charge in [0.2, 0.25) is 5.91 Å². The maximum atomic E-state index is 12.5. The number of carbonyl (C=O) groups is 2. The lowest BCUT2D eigenvalue weighted by atomic mass is 9.88. The van der Waals surface area contributed by atoms with Crippen molar-refractivity contribution < 1.29 is 9.59 Å². The average molecular weight is 461 g/mol. The van der Waals surface area contributed by atoms with E-state index in [0.29, 0.717) is 12.1 Å². The molecule has 3 N–H and O–H groups in total. The van der Waals surface area contributed by atoms with Gasteiger partial charge in [0.15, 0.2) is 0 Å². The van der Waals surface area contributed by atoms with Gasteiger partial charge in [0, 0.05) is 29.3 Å². The second-order valence-corrected chi connectivity index (χ2v) is 9.39. The number of benzene rings is 2. The number of aromatic amines is 1. The van der Waals surface area contributed by atoms with Gasteiger partial charge in [-0.1, -0.05) is 51.9 Å². The molecule has 0 bridgehead atoms. The van der Waals surface area contributed by atoms with E-state index in [1.807, 2.05) is 42.5 Å². The van der Waals surface area contributed by atoms with Crippen LogP contribution >= 0.6 is 0 Å². The molecule has 1 saturated carbocycles. The molecule has 1 fully saturated rings. The van der Waals surface area contributed by atoms with Crippen molar-refractivity contribution in [1.29, 1.82) is 0 Å². The third-order valence-electron chi connectivity index (χ3n) is 6.71. The van der Waals surface area contributed by atoms with Gasteiger partial charge < -0.3 is 15.6 Å². The summed E-state index contributed by atoms with van der Waals surface area (Å²) < 4.78 is 0. The van der Waals surface area contributed by atoms with E-state index in [2.05, 4.69) is 27.5 Å². The topological polar surface area (TPSA) is 86.9 Å². The SMILES string of the molecule is CCCCCCCNC(=O)c1ccc2nc(-c3ccc(NC(=O)C4CCCCC4)cc3)[nH]c2c1. The summed E-state index contributed by atoms with van der Waals surface area (Å²) in [4.78, 5) is 33.0. The number of imidazole rings is 1. The number of hydrogen-bond acceptors (Lipinski definition) is 3. The van der Waals surface area contributed by atoms with Crippen LogP contribution in [-0.2, 0) is 4.79 Å². The van der Waals surface area contributed by atoms with Crippen LogP contribution in [0.4, 0.5) is 5.69 Å². The van der Waals surface area contributed by atoms with Gasteiger partial charge in [0.25, 0.3) is 5.91 Å². The molecule has 0 radical (unpaired) electrons. The van der Waals surface area contributed by atoms with Crippen molar-refractivity contribution in [1.82, 2.24) is 15.3 Å². The van der Waals surface area contributed by atoms with E-state index >= 15 is 0 Å². The summed E-state index contributed by atoms with van der Waals surface area (Å²) in [5, 5.41) is 6.07. The highest BCUT2D eigenvalue weighted by atomic mass is 16.2. The van der Waals surface area contributed by atoms with Crippen LogP contribution in [0.5, 0.6) is 0 Å². The van der Waals surface area contributed by atoms with Crippen molar-refractivity contribution in [2.45, 2.75) is 71.1 Å². The molecule has 1 aliphatic carbocycles. The van der Waals surface area contributed by atoms with Crippen LogP contribution in [0.15, 0.2) is 42.5 Å². The van der Waals surface area contributed by atoms with Crippen molar-refractivity contribution in [2.75, 3.05) is 11.9 Å². The number of unbranched alkanes of at least 4 members (excludes halogenated alkanes) is 4. The van der Waals surface area contributed by atoms with E-state index < -0.39 is 0 Å². The predicted octanol–water partition coefficient (Wildman–Crippen LogP) is 6.45. The highest BCUT2D eigenvalue weighted by molar-refractivity contribution is 5.97. The Bertz CT molecular complexity index is 1100. The number of amides is 2. The van der Waals surface area contributed by atoms with Gasteiger partial charge in [-0.15, -0.1) is 0 Å². The number of anilines is 1. The highest BCUT2D eigenvalue weighted by Gasteiger charge is 2.21. The maximum Gasteiger partial charge on any atom is 0.251 e. The molecule has 6 heteroatoms. The van der Waals surface area contributed by atoms with Crippen molar-refractivity contribution in [3.05, 3.63) is 48.0 Å². The molecule has 1 aromatic heterocycles. The summed E-state index contributed by atoms with van der Waals surface area (Å²) in [7, 11) is 0. The van der Waals surface area contributed by atoms with Crippen LogP contribution in [0.25, 0.3) is 22.4 Å². The lowest BCUT2D eigenvalue weighted by molar-refractivity contribution is -0.120. The van der Waals surface area contributed by atoms with Crippen molar-refractivity contribution in [3.63, 3.8) is 0 Å². The summed E-state index contributed by atoms with van der Waals surface area (Å²) in [5.74, 6) is 0.958. The molecule has 1 aliphatic rings. The summed E-state index contributed by atoms with van der Waals surface area (Å²) in [6.45, 7) is 2.91. The number of carbonyl (C=O) groups excluding carboxylic acids is 2. The molecular weight excluding hydrogens is 424 g/mol. The van der Waals surface area contributed by atoms with Crippen LogP contribution in [-0.4, -0.2) is 28.3 Å². The van der Waals surface area contributed by atoms with Gasteiger partial charge in [-0.05, 0) is 61.7 Å². The Morgan fingerprint density at radius 2 is 1.74 bits per heavy atom. The molecule has 180 valence electrons. The minimum Gasteiger partial charge on any atom is -0.352 e. The van der Waals surface area contributed by atoms with E-state index in [9.17, 15) is 9.59 Å². The zero-order valence-electron chi connectivity index (χ0n) is 20.2. The summed E-state index contributed by atoms with van der Waals surface area (Å²) >= 11 is 0. The van der Waals surface area contributed by atoms with E-state index in [0.717, 1.165) is 66.6 Å². The van der Waals surface area contributed by atoms with Gasteiger partial charge >= 0.3 is 0 Å². The predicted molar refractivity (Wildman–Crippen MR) is 138 cm³/mol.